The molecular formula is C32H26N4O2. The van der Waals surface area contributed by atoms with Crippen LogP contribution >= 0.6 is 0 Å². The van der Waals surface area contributed by atoms with Gasteiger partial charge >= 0.3 is 0 Å². The zero-order chi connectivity index (χ0) is 26.1. The fourth-order valence-electron chi connectivity index (χ4n) is 5.19. The van der Waals surface area contributed by atoms with E-state index in [9.17, 15) is 9.90 Å². The van der Waals surface area contributed by atoms with E-state index >= 15 is 0 Å². The molecular weight excluding hydrogens is 472 g/mol. The Kier molecular flexibility index (Phi) is 5.99. The quantitative estimate of drug-likeness (QED) is 0.346. The molecule has 1 amide bonds. The van der Waals surface area contributed by atoms with Crippen LogP contribution in [0.4, 0.5) is 0 Å². The molecule has 3 heterocycles. The Balaban J connectivity index is 1.19. The number of aliphatic hydroxyl groups is 1. The summed E-state index contributed by atoms with van der Waals surface area (Å²) in [4.78, 5) is 19.5. The van der Waals surface area contributed by atoms with Crippen LogP contribution in [0, 0.1) is 11.3 Å². The third-order valence-corrected chi connectivity index (χ3v) is 7.47. The van der Waals surface area contributed by atoms with Gasteiger partial charge in [0, 0.05) is 30.4 Å². The molecule has 0 aliphatic carbocycles. The maximum absolute atomic E-state index is 13.2. The standard InChI is InChI=1S/C32H26N4O2/c33-20-23-6-8-25(9-7-23)29-21-34-30-15-14-27(22-36(29)30)24-10-12-26(13-11-24)31(37)35-18-16-32(38,17-19-35)28-4-2-1-3-5-28/h1-15,21-22,38H,16-19H2. The minimum Gasteiger partial charge on any atom is -0.385 e. The molecule has 6 nitrogen and oxygen atoms in total. The zero-order valence-corrected chi connectivity index (χ0v) is 20.8. The molecule has 6 heteroatoms. The number of likely N-dealkylation sites (tertiary alicyclic amines) is 1. The number of nitriles is 1. The first-order chi connectivity index (χ1) is 18.5. The number of piperidine rings is 1. The lowest BCUT2D eigenvalue weighted by molar-refractivity contribution is -0.0211. The van der Waals surface area contributed by atoms with Crippen molar-refractivity contribution < 1.29 is 9.90 Å². The molecule has 0 unspecified atom stereocenters. The number of hydrogen-bond donors (Lipinski definition) is 1. The van der Waals surface area contributed by atoms with E-state index in [0.717, 1.165) is 33.6 Å². The summed E-state index contributed by atoms with van der Waals surface area (Å²) in [6, 6.07) is 31.0. The van der Waals surface area contributed by atoms with Crippen molar-refractivity contribution in [3.05, 3.63) is 120 Å². The summed E-state index contributed by atoms with van der Waals surface area (Å²) in [5.41, 5.74) is 6.05. The molecule has 3 aromatic carbocycles. The molecule has 1 N–H and O–H groups in total. The maximum Gasteiger partial charge on any atom is 0.253 e. The molecule has 1 saturated heterocycles. The van der Waals surface area contributed by atoms with Crippen LogP contribution in [-0.4, -0.2) is 38.4 Å². The van der Waals surface area contributed by atoms with E-state index in [1.165, 1.54) is 0 Å². The topological polar surface area (TPSA) is 81.6 Å². The fraction of sp³-hybridized carbons (Fsp3) is 0.156. The highest BCUT2D eigenvalue weighted by Gasteiger charge is 2.35. The highest BCUT2D eigenvalue weighted by atomic mass is 16.3. The fourth-order valence-corrected chi connectivity index (χ4v) is 5.19. The Morgan fingerprint density at radius 1 is 0.842 bits per heavy atom. The lowest BCUT2D eigenvalue weighted by Crippen LogP contribution is -2.45. The van der Waals surface area contributed by atoms with Crippen LogP contribution in [0.5, 0.6) is 0 Å². The van der Waals surface area contributed by atoms with E-state index in [2.05, 4.69) is 11.1 Å². The van der Waals surface area contributed by atoms with Crippen LogP contribution in [0.2, 0.25) is 0 Å². The Hall–Kier alpha value is -4.73. The van der Waals surface area contributed by atoms with Gasteiger partial charge in [0.25, 0.3) is 5.91 Å². The van der Waals surface area contributed by atoms with Gasteiger partial charge in [-0.25, -0.2) is 4.98 Å². The van der Waals surface area contributed by atoms with Crippen LogP contribution in [-0.2, 0) is 5.60 Å². The van der Waals surface area contributed by atoms with Crippen molar-refractivity contribution in [3.8, 4) is 28.5 Å². The van der Waals surface area contributed by atoms with E-state index < -0.39 is 5.60 Å². The molecule has 6 rings (SSSR count). The summed E-state index contributed by atoms with van der Waals surface area (Å²) in [5, 5.41) is 20.2. The lowest BCUT2D eigenvalue weighted by atomic mass is 9.84. The molecule has 0 saturated carbocycles. The van der Waals surface area contributed by atoms with Crippen LogP contribution in [0.25, 0.3) is 28.0 Å². The molecule has 1 aliphatic heterocycles. The number of amides is 1. The molecule has 0 atom stereocenters. The van der Waals surface area contributed by atoms with Crippen LogP contribution in [0.1, 0.15) is 34.3 Å². The van der Waals surface area contributed by atoms with Crippen molar-refractivity contribution in [1.82, 2.24) is 14.3 Å². The number of aromatic nitrogens is 2. The highest BCUT2D eigenvalue weighted by Crippen LogP contribution is 2.33. The summed E-state index contributed by atoms with van der Waals surface area (Å²) >= 11 is 0. The lowest BCUT2D eigenvalue weighted by Gasteiger charge is -2.38. The molecule has 0 spiro atoms. The largest absolute Gasteiger partial charge is 0.385 e. The van der Waals surface area contributed by atoms with Gasteiger partial charge in [0.1, 0.15) is 5.65 Å². The Morgan fingerprint density at radius 2 is 1.50 bits per heavy atom. The molecule has 1 aliphatic rings. The first-order valence-electron chi connectivity index (χ1n) is 12.7. The van der Waals surface area contributed by atoms with Gasteiger partial charge in [0.05, 0.1) is 29.1 Å². The number of fused-ring (bicyclic) bond motifs is 1. The SMILES string of the molecule is N#Cc1ccc(-c2cnc3ccc(-c4ccc(C(=O)N5CCC(O)(c6ccccc6)CC5)cc4)cn23)cc1. The Morgan fingerprint density at radius 3 is 2.18 bits per heavy atom. The number of imidazole rings is 1. The van der Waals surface area contributed by atoms with Gasteiger partial charge in [-0.2, -0.15) is 5.26 Å². The van der Waals surface area contributed by atoms with Gasteiger partial charge in [0.2, 0.25) is 0 Å². The van der Waals surface area contributed by atoms with Crippen LogP contribution in [0.15, 0.2) is 103 Å². The van der Waals surface area contributed by atoms with E-state index in [1.54, 1.807) is 12.1 Å². The molecule has 186 valence electrons. The maximum atomic E-state index is 13.2. The Bertz CT molecular complexity index is 1640. The van der Waals surface area contributed by atoms with Crippen LogP contribution in [0.3, 0.4) is 0 Å². The minimum absolute atomic E-state index is 0.0141. The van der Waals surface area contributed by atoms with Gasteiger partial charge in [-0.3, -0.25) is 9.20 Å². The second kappa shape index (κ2) is 9.62. The summed E-state index contributed by atoms with van der Waals surface area (Å²) in [7, 11) is 0. The summed E-state index contributed by atoms with van der Waals surface area (Å²) in [6.45, 7) is 1.03. The van der Waals surface area contributed by atoms with Gasteiger partial charge in [-0.15, -0.1) is 0 Å². The normalized spacial score (nSPS) is 14.8. The molecule has 2 aromatic heterocycles. The van der Waals surface area contributed by atoms with Crippen LogP contribution < -0.4 is 0 Å². The monoisotopic (exact) mass is 498 g/mol. The number of rotatable bonds is 4. The van der Waals surface area contributed by atoms with E-state index in [1.807, 2.05) is 101 Å². The predicted molar refractivity (Wildman–Crippen MR) is 146 cm³/mol. The minimum atomic E-state index is -0.884. The summed E-state index contributed by atoms with van der Waals surface area (Å²) in [5.74, 6) is -0.0141. The molecule has 0 bridgehead atoms. The van der Waals surface area contributed by atoms with Gasteiger partial charge in [-0.05, 0) is 65.9 Å². The van der Waals surface area contributed by atoms with Crippen molar-refractivity contribution in [2.45, 2.75) is 18.4 Å². The number of benzene rings is 3. The number of hydrogen-bond acceptors (Lipinski definition) is 4. The van der Waals surface area contributed by atoms with Gasteiger partial charge < -0.3 is 10.0 Å². The van der Waals surface area contributed by atoms with Crippen molar-refractivity contribution in [1.29, 1.82) is 5.26 Å². The summed E-state index contributed by atoms with van der Waals surface area (Å²) in [6.07, 6.45) is 4.92. The van der Waals surface area contributed by atoms with Crippen molar-refractivity contribution in [2.75, 3.05) is 13.1 Å². The van der Waals surface area contributed by atoms with Crippen molar-refractivity contribution in [3.63, 3.8) is 0 Å². The van der Waals surface area contributed by atoms with Gasteiger partial charge in [0.15, 0.2) is 0 Å². The molecule has 5 aromatic rings. The first-order valence-corrected chi connectivity index (χ1v) is 12.7. The predicted octanol–water partition coefficient (Wildman–Crippen LogP) is 5.66. The van der Waals surface area contributed by atoms with E-state index in [4.69, 9.17) is 5.26 Å². The second-order valence-electron chi connectivity index (χ2n) is 9.75. The highest BCUT2D eigenvalue weighted by molar-refractivity contribution is 5.94. The molecule has 0 radical (unpaired) electrons. The Labute approximate surface area is 221 Å². The molecule has 1 fully saturated rings. The first kappa shape index (κ1) is 23.7. The molecule has 38 heavy (non-hydrogen) atoms. The average Bonchev–Trinajstić information content (AvgIpc) is 3.41. The number of carbonyl (C=O) groups excluding carboxylic acids is 1. The smallest absolute Gasteiger partial charge is 0.253 e. The third kappa shape index (κ3) is 4.34. The zero-order valence-electron chi connectivity index (χ0n) is 20.8. The van der Waals surface area contributed by atoms with Crippen molar-refractivity contribution in [2.24, 2.45) is 0 Å². The summed E-state index contributed by atoms with van der Waals surface area (Å²) < 4.78 is 2.04. The number of carbonyl (C=O) groups is 1. The van der Waals surface area contributed by atoms with Crippen molar-refractivity contribution >= 4 is 11.6 Å². The van der Waals surface area contributed by atoms with E-state index in [0.29, 0.717) is 37.1 Å². The number of nitrogens with zero attached hydrogens (tertiary/aromatic N) is 4. The average molecular weight is 499 g/mol. The third-order valence-electron chi connectivity index (χ3n) is 7.47. The second-order valence-corrected chi connectivity index (χ2v) is 9.75. The van der Waals surface area contributed by atoms with Gasteiger partial charge in [-0.1, -0.05) is 54.6 Å². The van der Waals surface area contributed by atoms with E-state index in [-0.39, 0.29) is 5.91 Å². The number of pyridine rings is 1.